The summed E-state index contributed by atoms with van der Waals surface area (Å²) in [6.07, 6.45) is 0. The highest BCUT2D eigenvalue weighted by molar-refractivity contribution is 7.91. The van der Waals surface area contributed by atoms with Crippen molar-refractivity contribution < 1.29 is 26.4 Å². The van der Waals surface area contributed by atoms with Crippen molar-refractivity contribution in [1.29, 1.82) is 0 Å². The summed E-state index contributed by atoms with van der Waals surface area (Å²) in [5.74, 6) is -1.04. The van der Waals surface area contributed by atoms with Crippen LogP contribution in [0.1, 0.15) is 10.4 Å². The van der Waals surface area contributed by atoms with Crippen molar-refractivity contribution in [2.45, 2.75) is 14.7 Å². The van der Waals surface area contributed by atoms with Crippen LogP contribution in [0.25, 0.3) is 0 Å². The number of primary sulfonamides is 1. The molecule has 0 heterocycles. The number of carbonyl (C=O) groups is 1. The molecule has 0 aromatic heterocycles. The Balaban J connectivity index is 2.84. The molecule has 0 fully saturated rings. The molecule has 0 aliphatic rings. The molecule has 0 saturated carbocycles. The van der Waals surface area contributed by atoms with Gasteiger partial charge in [-0.1, -0.05) is 29.8 Å². The van der Waals surface area contributed by atoms with E-state index in [2.05, 4.69) is 4.74 Å². The molecule has 0 unspecified atom stereocenters. The summed E-state index contributed by atoms with van der Waals surface area (Å²) in [5, 5.41) is 4.61. The van der Waals surface area contributed by atoms with Gasteiger partial charge in [0.1, 0.15) is 4.90 Å². The van der Waals surface area contributed by atoms with Gasteiger partial charge in [-0.25, -0.2) is 26.8 Å². The molecular weight excluding hydrogens is 378 g/mol. The Labute approximate surface area is 144 Å². The van der Waals surface area contributed by atoms with Crippen molar-refractivity contribution in [2.24, 2.45) is 5.14 Å². The fraction of sp³-hybridized carbons (Fsp3) is 0.0714. The minimum atomic E-state index is -4.26. The highest BCUT2D eigenvalue weighted by Crippen LogP contribution is 2.31. The van der Waals surface area contributed by atoms with Gasteiger partial charge < -0.3 is 4.74 Å². The lowest BCUT2D eigenvalue weighted by atomic mass is 10.2. The fourth-order valence-corrected chi connectivity index (χ4v) is 4.61. The average Bonchev–Trinajstić information content (AvgIpc) is 2.53. The van der Waals surface area contributed by atoms with Crippen LogP contribution in [-0.4, -0.2) is 29.9 Å². The molecular formula is C14H12ClNO6S2. The van der Waals surface area contributed by atoms with E-state index < -0.39 is 46.2 Å². The van der Waals surface area contributed by atoms with E-state index in [-0.39, 0.29) is 4.90 Å². The fourth-order valence-electron chi connectivity index (χ4n) is 1.97. The molecule has 7 nitrogen and oxygen atoms in total. The first-order valence-corrected chi connectivity index (χ1v) is 9.74. The molecule has 2 N–H and O–H groups in total. The molecule has 0 saturated heterocycles. The lowest BCUT2D eigenvalue weighted by molar-refractivity contribution is 0.0596. The molecule has 0 aliphatic heterocycles. The molecule has 2 aromatic rings. The minimum Gasteiger partial charge on any atom is -0.465 e. The van der Waals surface area contributed by atoms with Crippen molar-refractivity contribution in [3.63, 3.8) is 0 Å². The lowest BCUT2D eigenvalue weighted by Gasteiger charge is -2.12. The molecule has 0 amide bonds. The molecule has 0 atom stereocenters. The van der Waals surface area contributed by atoms with E-state index in [0.29, 0.717) is 0 Å². The third-order valence-electron chi connectivity index (χ3n) is 3.09. The molecule has 2 aromatic carbocycles. The van der Waals surface area contributed by atoms with Gasteiger partial charge >= 0.3 is 5.97 Å². The van der Waals surface area contributed by atoms with Crippen molar-refractivity contribution >= 4 is 37.4 Å². The zero-order chi connectivity index (χ0) is 18.1. The van der Waals surface area contributed by atoms with Crippen LogP contribution >= 0.6 is 11.6 Å². The number of sulfone groups is 1. The molecule has 10 heteroatoms. The lowest BCUT2D eigenvalue weighted by Crippen LogP contribution is -2.17. The largest absolute Gasteiger partial charge is 0.465 e. The van der Waals surface area contributed by atoms with Crippen molar-refractivity contribution in [3.8, 4) is 0 Å². The van der Waals surface area contributed by atoms with Crippen LogP contribution in [0.4, 0.5) is 0 Å². The smallest absolute Gasteiger partial charge is 0.339 e. The van der Waals surface area contributed by atoms with E-state index in [4.69, 9.17) is 16.7 Å². The average molecular weight is 390 g/mol. The number of esters is 1. The van der Waals surface area contributed by atoms with E-state index >= 15 is 0 Å². The van der Waals surface area contributed by atoms with Gasteiger partial charge in [0.2, 0.25) is 19.9 Å². The summed E-state index contributed by atoms with van der Waals surface area (Å²) in [6, 6.07) is 8.96. The number of halogens is 1. The topological polar surface area (TPSA) is 121 Å². The Bertz CT molecular complexity index is 1000. The van der Waals surface area contributed by atoms with Gasteiger partial charge in [0.15, 0.2) is 0 Å². The summed E-state index contributed by atoms with van der Waals surface area (Å²) in [5.41, 5.74) is -0.477. The van der Waals surface area contributed by atoms with Gasteiger partial charge in [-0.05, 0) is 24.3 Å². The van der Waals surface area contributed by atoms with Gasteiger partial charge in [0.25, 0.3) is 0 Å². The van der Waals surface area contributed by atoms with Crippen molar-refractivity contribution in [2.75, 3.05) is 7.11 Å². The Morgan fingerprint density at radius 3 is 2.12 bits per heavy atom. The van der Waals surface area contributed by atoms with Crippen LogP contribution in [0.2, 0.25) is 5.02 Å². The summed E-state index contributed by atoms with van der Waals surface area (Å²) in [6.45, 7) is 0. The second-order valence-electron chi connectivity index (χ2n) is 4.63. The molecule has 128 valence electrons. The molecule has 0 bridgehead atoms. The molecule has 0 aliphatic carbocycles. The highest BCUT2D eigenvalue weighted by Gasteiger charge is 2.29. The first-order chi connectivity index (χ1) is 11.1. The quantitative estimate of drug-likeness (QED) is 0.793. The SMILES string of the molecule is COC(=O)c1cc(S(N)(=O)=O)c(Cl)cc1S(=O)(=O)c1ccccc1. The first kappa shape index (κ1) is 18.4. The maximum Gasteiger partial charge on any atom is 0.339 e. The van der Waals surface area contributed by atoms with E-state index in [9.17, 15) is 21.6 Å². The maximum absolute atomic E-state index is 12.7. The number of rotatable bonds is 4. The molecule has 0 radical (unpaired) electrons. The van der Waals surface area contributed by atoms with Gasteiger partial charge in [-0.3, -0.25) is 0 Å². The molecule has 24 heavy (non-hydrogen) atoms. The van der Waals surface area contributed by atoms with Crippen LogP contribution in [0.15, 0.2) is 57.2 Å². The molecule has 2 rings (SSSR count). The first-order valence-electron chi connectivity index (χ1n) is 6.34. The predicted molar refractivity (Wildman–Crippen MR) is 86.1 cm³/mol. The minimum absolute atomic E-state index is 0.0884. The van der Waals surface area contributed by atoms with Gasteiger partial charge in [0.05, 0.1) is 27.5 Å². The van der Waals surface area contributed by atoms with Gasteiger partial charge in [-0.2, -0.15) is 0 Å². The number of benzene rings is 2. The van der Waals surface area contributed by atoms with E-state index in [1.165, 1.54) is 24.3 Å². The Morgan fingerprint density at radius 1 is 1.04 bits per heavy atom. The number of hydrogen-bond donors (Lipinski definition) is 1. The standard InChI is InChI=1S/C14H12ClNO6S2/c1-22-14(17)10-7-13(24(16,20)21)11(15)8-12(10)23(18,19)9-5-3-2-4-6-9/h2-8H,1H3,(H2,16,20,21). The summed E-state index contributed by atoms with van der Waals surface area (Å²) in [7, 11) is -7.36. The van der Waals surface area contributed by atoms with E-state index in [1.807, 2.05) is 0 Å². The zero-order valence-corrected chi connectivity index (χ0v) is 14.7. The van der Waals surface area contributed by atoms with Crippen LogP contribution in [0, 0.1) is 0 Å². The maximum atomic E-state index is 12.7. The number of methoxy groups -OCH3 is 1. The normalized spacial score (nSPS) is 12.0. The third kappa shape index (κ3) is 3.44. The second-order valence-corrected chi connectivity index (χ2v) is 8.49. The van der Waals surface area contributed by atoms with Crippen molar-refractivity contribution in [1.82, 2.24) is 0 Å². The zero-order valence-electron chi connectivity index (χ0n) is 12.3. The summed E-state index contributed by atoms with van der Waals surface area (Å²) in [4.78, 5) is 10.8. The van der Waals surface area contributed by atoms with E-state index in [1.54, 1.807) is 6.07 Å². The Hall–Kier alpha value is -1.94. The number of carbonyl (C=O) groups excluding carboxylic acids is 1. The van der Waals surface area contributed by atoms with Crippen LogP contribution in [0.3, 0.4) is 0 Å². The van der Waals surface area contributed by atoms with Crippen LogP contribution in [-0.2, 0) is 24.6 Å². The monoisotopic (exact) mass is 389 g/mol. The Kier molecular flexibility index (Phi) is 5.00. The summed E-state index contributed by atoms with van der Waals surface area (Å²) >= 11 is 5.85. The van der Waals surface area contributed by atoms with Gasteiger partial charge in [0, 0.05) is 0 Å². The van der Waals surface area contributed by atoms with Crippen molar-refractivity contribution in [3.05, 3.63) is 53.1 Å². The molecule has 0 spiro atoms. The van der Waals surface area contributed by atoms with Gasteiger partial charge in [-0.15, -0.1) is 0 Å². The van der Waals surface area contributed by atoms with Crippen LogP contribution in [0.5, 0.6) is 0 Å². The van der Waals surface area contributed by atoms with E-state index in [0.717, 1.165) is 19.2 Å². The second kappa shape index (κ2) is 6.52. The number of nitrogens with two attached hydrogens (primary N) is 1. The Morgan fingerprint density at radius 2 is 1.62 bits per heavy atom. The highest BCUT2D eigenvalue weighted by atomic mass is 35.5. The predicted octanol–water partition coefficient (Wildman–Crippen LogP) is 1.61. The summed E-state index contributed by atoms with van der Waals surface area (Å²) < 4.78 is 53.1. The number of hydrogen-bond acceptors (Lipinski definition) is 6. The van der Waals surface area contributed by atoms with Crippen LogP contribution < -0.4 is 5.14 Å². The number of ether oxygens (including phenoxy) is 1. The number of sulfonamides is 1. The third-order valence-corrected chi connectivity index (χ3v) is 6.27.